The zero-order valence-corrected chi connectivity index (χ0v) is 13.0. The van der Waals surface area contributed by atoms with Crippen LogP contribution in [0.3, 0.4) is 0 Å². The van der Waals surface area contributed by atoms with Gasteiger partial charge in [0.2, 0.25) is 5.91 Å². The van der Waals surface area contributed by atoms with E-state index < -0.39 is 0 Å². The number of nitrogens with one attached hydrogen (secondary N) is 1. The summed E-state index contributed by atoms with van der Waals surface area (Å²) in [5.41, 5.74) is 2.65. The molecule has 0 unspecified atom stereocenters. The monoisotopic (exact) mass is 312 g/mol. The minimum absolute atomic E-state index is 0.157. The smallest absolute Gasteiger partial charge is 0.242 e. The van der Waals surface area contributed by atoms with Gasteiger partial charge in [-0.1, -0.05) is 55.3 Å². The van der Waals surface area contributed by atoms with Crippen LogP contribution >= 0.6 is 0 Å². The molecule has 0 aromatic heterocycles. The molecule has 5 heteroatoms. The van der Waals surface area contributed by atoms with Gasteiger partial charge in [0.1, 0.15) is 0 Å². The van der Waals surface area contributed by atoms with Crippen LogP contribution in [0.25, 0.3) is 10.8 Å². The third-order valence-corrected chi connectivity index (χ3v) is 3.82. The number of fused-ring (bicyclic) bond motifs is 1. The molecule has 2 aromatic rings. The molecule has 0 bridgehead atoms. The summed E-state index contributed by atoms with van der Waals surface area (Å²) in [6.45, 7) is 0. The van der Waals surface area contributed by atoms with Crippen molar-refractivity contribution < 1.29 is 9.59 Å². The normalized spacial score (nSPS) is 10.4. The van der Waals surface area contributed by atoms with Gasteiger partial charge < -0.3 is 0 Å². The third kappa shape index (κ3) is 4.98. The summed E-state index contributed by atoms with van der Waals surface area (Å²) >= 11 is 0. The Balaban J connectivity index is 1.77. The van der Waals surface area contributed by atoms with Crippen LogP contribution < -0.4 is 5.43 Å². The van der Waals surface area contributed by atoms with E-state index in [1.54, 1.807) is 0 Å². The molecule has 1 amide bonds. The lowest BCUT2D eigenvalue weighted by atomic mass is 9.98. The van der Waals surface area contributed by atoms with Crippen molar-refractivity contribution in [3.63, 3.8) is 0 Å². The molecule has 1 N–H and O–H groups in total. The number of nitroso groups, excluding NO2 is 1. The van der Waals surface area contributed by atoms with E-state index in [9.17, 15) is 14.5 Å². The minimum Gasteiger partial charge on any atom is -0.294 e. The zero-order valence-electron chi connectivity index (χ0n) is 13.0. The van der Waals surface area contributed by atoms with Crippen LogP contribution in [0.5, 0.6) is 0 Å². The van der Waals surface area contributed by atoms with Crippen molar-refractivity contribution in [2.45, 2.75) is 38.5 Å². The van der Waals surface area contributed by atoms with Crippen molar-refractivity contribution in [2.75, 3.05) is 0 Å². The number of unbranched alkanes of at least 4 members (excludes halogenated alkanes) is 3. The molecule has 0 aliphatic rings. The summed E-state index contributed by atoms with van der Waals surface area (Å²) in [6.07, 6.45) is 4.05. The Hall–Kier alpha value is -2.56. The molecule has 0 heterocycles. The second-order valence-electron chi connectivity index (χ2n) is 5.49. The average molecular weight is 312 g/mol. The van der Waals surface area contributed by atoms with Gasteiger partial charge in [-0.3, -0.25) is 9.59 Å². The maximum Gasteiger partial charge on any atom is 0.242 e. The Labute approximate surface area is 135 Å². The van der Waals surface area contributed by atoms with Crippen molar-refractivity contribution in [2.24, 2.45) is 5.29 Å². The number of ketones is 1. The molecule has 0 fully saturated rings. The van der Waals surface area contributed by atoms with E-state index in [2.05, 4.69) is 5.29 Å². The number of carbonyl (C=O) groups excluding carboxylic acids is 2. The van der Waals surface area contributed by atoms with Gasteiger partial charge in [0.15, 0.2) is 5.78 Å². The predicted octanol–water partition coefficient (Wildman–Crippen LogP) is 4.16. The van der Waals surface area contributed by atoms with Crippen LogP contribution in [0.4, 0.5) is 0 Å². The van der Waals surface area contributed by atoms with Crippen molar-refractivity contribution in [3.8, 4) is 0 Å². The van der Waals surface area contributed by atoms with Crippen molar-refractivity contribution in [3.05, 3.63) is 52.9 Å². The third-order valence-electron chi connectivity index (χ3n) is 3.82. The van der Waals surface area contributed by atoms with Crippen molar-refractivity contribution in [1.82, 2.24) is 5.43 Å². The Morgan fingerprint density at radius 2 is 1.57 bits per heavy atom. The first-order chi connectivity index (χ1) is 11.2. The number of benzene rings is 2. The van der Waals surface area contributed by atoms with E-state index in [1.807, 2.05) is 47.9 Å². The van der Waals surface area contributed by atoms with Gasteiger partial charge in [0.05, 0.1) is 5.29 Å². The zero-order chi connectivity index (χ0) is 16.5. The minimum atomic E-state index is -0.355. The lowest BCUT2D eigenvalue weighted by molar-refractivity contribution is -0.121. The fraction of sp³-hybridized carbons (Fsp3) is 0.333. The highest BCUT2D eigenvalue weighted by atomic mass is 16.3. The Morgan fingerprint density at radius 1 is 0.870 bits per heavy atom. The number of rotatable bonds is 9. The topological polar surface area (TPSA) is 75.6 Å². The second kappa shape index (κ2) is 8.78. The van der Waals surface area contributed by atoms with E-state index in [0.717, 1.165) is 35.6 Å². The molecule has 120 valence electrons. The molecule has 5 nitrogen and oxygen atoms in total. The number of hydrogen-bond donors (Lipinski definition) is 1. The van der Waals surface area contributed by atoms with E-state index in [-0.39, 0.29) is 11.7 Å². The average Bonchev–Trinajstić information content (AvgIpc) is 2.57. The first kappa shape index (κ1) is 16.8. The number of nitrogens with zero attached hydrogens (tertiary/aromatic N) is 1. The van der Waals surface area contributed by atoms with Gasteiger partial charge in [-0.15, -0.1) is 4.91 Å². The molecular formula is C18H20N2O3. The molecule has 0 radical (unpaired) electrons. The lowest BCUT2D eigenvalue weighted by Gasteiger charge is -2.06. The van der Waals surface area contributed by atoms with Gasteiger partial charge in [0.25, 0.3) is 0 Å². The summed E-state index contributed by atoms with van der Waals surface area (Å²) in [6, 6.07) is 13.7. The summed E-state index contributed by atoms with van der Waals surface area (Å²) < 4.78 is 0. The number of carbonyl (C=O) groups is 2. The molecule has 23 heavy (non-hydrogen) atoms. The molecule has 2 aromatic carbocycles. The molecule has 0 aliphatic heterocycles. The summed E-state index contributed by atoms with van der Waals surface area (Å²) in [7, 11) is 0. The first-order valence-corrected chi connectivity index (χ1v) is 7.84. The van der Waals surface area contributed by atoms with Crippen molar-refractivity contribution in [1.29, 1.82) is 0 Å². The maximum atomic E-state index is 12.4. The standard InChI is InChI=1S/C18H20N2O3/c21-17(12-3-1-2-4-13-18(22)19-20-23)16-11-7-9-14-8-5-6-10-15(14)16/h5-11H,1-4,12-13H2,(H,19,22,23). The van der Waals surface area contributed by atoms with Crippen LogP contribution in [-0.2, 0) is 4.79 Å². The predicted molar refractivity (Wildman–Crippen MR) is 89.9 cm³/mol. The highest BCUT2D eigenvalue weighted by Crippen LogP contribution is 2.20. The number of Topliss-reactive ketones (excluding diaryl/α,β-unsaturated/α-hetero) is 1. The molecule has 2 rings (SSSR count). The van der Waals surface area contributed by atoms with E-state index >= 15 is 0 Å². The number of hydrogen-bond acceptors (Lipinski definition) is 4. The molecule has 0 atom stereocenters. The van der Waals surface area contributed by atoms with E-state index in [0.29, 0.717) is 19.3 Å². The molecule has 0 saturated carbocycles. The van der Waals surface area contributed by atoms with Crippen LogP contribution in [0.1, 0.15) is 48.9 Å². The van der Waals surface area contributed by atoms with Crippen LogP contribution in [0.2, 0.25) is 0 Å². The quantitative estimate of drug-likeness (QED) is 0.327. The van der Waals surface area contributed by atoms with Gasteiger partial charge in [-0.25, -0.2) is 5.43 Å². The SMILES string of the molecule is O=NNC(=O)CCCCCCC(=O)c1cccc2ccccc12. The summed E-state index contributed by atoms with van der Waals surface area (Å²) in [4.78, 5) is 33.2. The Kier molecular flexibility index (Phi) is 6.41. The van der Waals surface area contributed by atoms with Crippen LogP contribution in [-0.4, -0.2) is 11.7 Å². The van der Waals surface area contributed by atoms with Gasteiger partial charge in [-0.2, -0.15) is 0 Å². The van der Waals surface area contributed by atoms with E-state index in [1.165, 1.54) is 0 Å². The highest BCUT2D eigenvalue weighted by molar-refractivity contribution is 6.08. The number of amides is 1. The summed E-state index contributed by atoms with van der Waals surface area (Å²) in [5.74, 6) is -0.198. The summed E-state index contributed by atoms with van der Waals surface area (Å²) in [5, 5.41) is 4.41. The van der Waals surface area contributed by atoms with Crippen LogP contribution in [0.15, 0.2) is 47.8 Å². The lowest BCUT2D eigenvalue weighted by Crippen LogP contribution is -2.15. The second-order valence-corrected chi connectivity index (χ2v) is 5.49. The molecule has 0 spiro atoms. The van der Waals surface area contributed by atoms with E-state index in [4.69, 9.17) is 0 Å². The molecule has 0 saturated heterocycles. The van der Waals surface area contributed by atoms with Gasteiger partial charge in [0, 0.05) is 18.4 Å². The Morgan fingerprint density at radius 3 is 2.35 bits per heavy atom. The molecular weight excluding hydrogens is 292 g/mol. The molecule has 0 aliphatic carbocycles. The maximum absolute atomic E-state index is 12.4. The van der Waals surface area contributed by atoms with Gasteiger partial charge >= 0.3 is 0 Å². The Bertz CT molecular complexity index is 692. The van der Waals surface area contributed by atoms with Gasteiger partial charge in [-0.05, 0) is 23.6 Å². The highest BCUT2D eigenvalue weighted by Gasteiger charge is 2.09. The largest absolute Gasteiger partial charge is 0.294 e. The fourth-order valence-corrected chi connectivity index (χ4v) is 2.63. The van der Waals surface area contributed by atoms with Crippen molar-refractivity contribution >= 4 is 22.5 Å². The fourth-order valence-electron chi connectivity index (χ4n) is 2.63. The first-order valence-electron chi connectivity index (χ1n) is 7.84. The van der Waals surface area contributed by atoms with Crippen LogP contribution in [0, 0.1) is 4.91 Å².